The number of carbonyl (C=O) groups is 2. The Hall–Kier alpha value is -3.21. The Kier molecular flexibility index (Phi) is 7.54. The van der Waals surface area contributed by atoms with Crippen LogP contribution in [0.15, 0.2) is 42.5 Å². The molecule has 0 aromatic heterocycles. The molecule has 1 unspecified atom stereocenters. The van der Waals surface area contributed by atoms with E-state index in [2.05, 4.69) is 22.4 Å². The van der Waals surface area contributed by atoms with E-state index in [0.717, 1.165) is 53.6 Å². The molecule has 0 bridgehead atoms. The molecule has 0 spiro atoms. The van der Waals surface area contributed by atoms with Gasteiger partial charge < -0.3 is 20.9 Å². The molecule has 1 aliphatic carbocycles. The minimum Gasteiger partial charge on any atom is -0.338 e. The average molecular weight is 474 g/mol. The van der Waals surface area contributed by atoms with Crippen molar-refractivity contribution < 1.29 is 9.59 Å². The molecule has 2 aromatic rings. The summed E-state index contributed by atoms with van der Waals surface area (Å²) in [5, 5.41) is 12.5. The zero-order valence-corrected chi connectivity index (χ0v) is 20.7. The Bertz CT molecular complexity index is 1110. The first-order valence-electron chi connectivity index (χ1n) is 12.4. The van der Waals surface area contributed by atoms with Crippen LogP contribution in [0.4, 0.5) is 0 Å². The summed E-state index contributed by atoms with van der Waals surface area (Å²) in [4.78, 5) is 29.4. The number of carbonyl (C=O) groups excluding carboxylic acids is 2. The number of nitrogens with one attached hydrogen (secondary N) is 1. The molecule has 1 saturated carbocycles. The molecule has 0 saturated heterocycles. The second-order valence-corrected chi connectivity index (χ2v) is 10.2. The van der Waals surface area contributed by atoms with Gasteiger partial charge in [-0.1, -0.05) is 49.6 Å². The first kappa shape index (κ1) is 24.9. The lowest BCUT2D eigenvalue weighted by molar-refractivity contribution is -0.127. The minimum atomic E-state index is -0.853. The van der Waals surface area contributed by atoms with Crippen LogP contribution in [0.1, 0.15) is 53.6 Å². The molecule has 7 heteroatoms. The number of likely N-dealkylation sites (N-methyl/N-ethyl adjacent to an activating group) is 1. The zero-order chi connectivity index (χ0) is 25.0. The number of hydrogen-bond acceptors (Lipinski definition) is 5. The number of benzene rings is 2. The van der Waals surface area contributed by atoms with Gasteiger partial charge in [0.15, 0.2) is 0 Å². The number of amides is 2. The van der Waals surface area contributed by atoms with Gasteiger partial charge in [0, 0.05) is 31.6 Å². The van der Waals surface area contributed by atoms with Crippen LogP contribution in [0, 0.1) is 11.3 Å². The summed E-state index contributed by atoms with van der Waals surface area (Å²) in [6.07, 6.45) is 4.78. The van der Waals surface area contributed by atoms with Crippen molar-refractivity contribution in [2.45, 2.75) is 56.7 Å². The third-order valence-electron chi connectivity index (χ3n) is 7.19. The normalized spacial score (nSPS) is 17.7. The summed E-state index contributed by atoms with van der Waals surface area (Å²) < 4.78 is 0. The van der Waals surface area contributed by atoms with E-state index < -0.39 is 11.6 Å². The van der Waals surface area contributed by atoms with E-state index in [1.165, 1.54) is 0 Å². The van der Waals surface area contributed by atoms with Gasteiger partial charge in [-0.2, -0.15) is 5.26 Å². The Labute approximate surface area is 207 Å². The van der Waals surface area contributed by atoms with Crippen molar-refractivity contribution in [3.63, 3.8) is 0 Å². The number of nitriles is 1. The first-order valence-corrected chi connectivity index (χ1v) is 12.4. The fourth-order valence-corrected chi connectivity index (χ4v) is 4.97. The van der Waals surface area contributed by atoms with Gasteiger partial charge in [-0.05, 0) is 61.3 Å². The van der Waals surface area contributed by atoms with Crippen LogP contribution in [0.3, 0.4) is 0 Å². The highest BCUT2D eigenvalue weighted by Crippen LogP contribution is 2.29. The van der Waals surface area contributed by atoms with Gasteiger partial charge in [-0.25, -0.2) is 0 Å². The van der Waals surface area contributed by atoms with Gasteiger partial charge in [0.1, 0.15) is 6.04 Å². The van der Waals surface area contributed by atoms with Gasteiger partial charge >= 0.3 is 0 Å². The van der Waals surface area contributed by atoms with Crippen LogP contribution in [-0.2, 0) is 17.8 Å². The van der Waals surface area contributed by atoms with Crippen LogP contribution in [0.25, 0.3) is 11.1 Å². The van der Waals surface area contributed by atoms with E-state index in [1.54, 1.807) is 0 Å². The molecule has 4 rings (SSSR count). The predicted octanol–water partition coefficient (Wildman–Crippen LogP) is 3.08. The molecule has 2 aliphatic rings. The molecule has 35 heavy (non-hydrogen) atoms. The Morgan fingerprint density at radius 1 is 1.14 bits per heavy atom. The van der Waals surface area contributed by atoms with E-state index in [0.29, 0.717) is 32.4 Å². The van der Waals surface area contributed by atoms with Gasteiger partial charge in [0.25, 0.3) is 5.91 Å². The molecule has 184 valence electrons. The average Bonchev–Trinajstić information content (AvgIpc) is 3.17. The summed E-state index contributed by atoms with van der Waals surface area (Å²) in [6.45, 7) is 2.19. The molecule has 1 fully saturated rings. The SMILES string of the molecule is CN(C)CCN1Cc2cc(-c3ccc(CC(C#N)NC(=O)C4(N)CCCCC4)cc3)ccc2C1=O. The molecule has 2 amide bonds. The number of hydrogen-bond donors (Lipinski definition) is 2. The highest BCUT2D eigenvalue weighted by molar-refractivity contribution is 5.99. The first-order chi connectivity index (χ1) is 16.8. The van der Waals surface area contributed by atoms with E-state index in [1.807, 2.05) is 55.4 Å². The summed E-state index contributed by atoms with van der Waals surface area (Å²) in [5.41, 5.74) is 10.4. The number of nitrogens with two attached hydrogens (primary N) is 1. The van der Waals surface area contributed by atoms with Gasteiger partial charge in [0.2, 0.25) is 5.91 Å². The molecule has 1 aliphatic heterocycles. The number of rotatable bonds is 8. The quantitative estimate of drug-likeness (QED) is 0.613. The predicted molar refractivity (Wildman–Crippen MR) is 136 cm³/mol. The Morgan fingerprint density at radius 2 is 1.83 bits per heavy atom. The van der Waals surface area contributed by atoms with Crippen LogP contribution in [0.5, 0.6) is 0 Å². The molecular formula is C28H35N5O2. The lowest BCUT2D eigenvalue weighted by atomic mass is 9.81. The van der Waals surface area contributed by atoms with Crippen LogP contribution in [0.2, 0.25) is 0 Å². The molecule has 1 heterocycles. The topological polar surface area (TPSA) is 102 Å². The monoisotopic (exact) mass is 473 g/mol. The van der Waals surface area contributed by atoms with Gasteiger partial charge in [-0.15, -0.1) is 0 Å². The third kappa shape index (κ3) is 5.72. The van der Waals surface area contributed by atoms with Crippen LogP contribution in [-0.4, -0.2) is 60.4 Å². The van der Waals surface area contributed by atoms with Crippen molar-refractivity contribution in [2.75, 3.05) is 27.2 Å². The second kappa shape index (κ2) is 10.6. The van der Waals surface area contributed by atoms with E-state index in [9.17, 15) is 14.9 Å². The smallest absolute Gasteiger partial charge is 0.254 e. The molecule has 1 atom stereocenters. The third-order valence-corrected chi connectivity index (χ3v) is 7.19. The van der Waals surface area contributed by atoms with Crippen molar-refractivity contribution in [2.24, 2.45) is 5.73 Å². The highest BCUT2D eigenvalue weighted by atomic mass is 16.2. The standard InChI is InChI=1S/C28H35N5O2/c1-32(2)14-15-33-19-23-17-22(10-11-25(23)26(33)34)21-8-6-20(7-9-21)16-24(18-29)31-27(35)28(30)12-4-3-5-13-28/h6-11,17,24H,3-5,12-16,19,30H2,1-2H3,(H,31,35). The second-order valence-electron chi connectivity index (χ2n) is 10.2. The maximum atomic E-state index is 12.7. The summed E-state index contributed by atoms with van der Waals surface area (Å²) in [7, 11) is 4.02. The lowest BCUT2D eigenvalue weighted by Gasteiger charge is -2.32. The van der Waals surface area contributed by atoms with Gasteiger partial charge in [-0.3, -0.25) is 9.59 Å². The maximum absolute atomic E-state index is 12.7. The van der Waals surface area contributed by atoms with Crippen LogP contribution >= 0.6 is 0 Å². The maximum Gasteiger partial charge on any atom is 0.254 e. The molecule has 0 radical (unpaired) electrons. The highest BCUT2D eigenvalue weighted by Gasteiger charge is 2.36. The fraction of sp³-hybridized carbons (Fsp3) is 0.464. The number of nitrogens with zero attached hydrogens (tertiary/aromatic N) is 3. The molecule has 3 N–H and O–H groups in total. The number of fused-ring (bicyclic) bond motifs is 1. The summed E-state index contributed by atoms with van der Waals surface area (Å²) in [5.74, 6) is -0.117. The zero-order valence-electron chi connectivity index (χ0n) is 20.7. The fourth-order valence-electron chi connectivity index (χ4n) is 4.97. The van der Waals surface area contributed by atoms with Crippen molar-refractivity contribution in [1.82, 2.24) is 15.1 Å². The Balaban J connectivity index is 1.39. The summed E-state index contributed by atoms with van der Waals surface area (Å²) in [6, 6.07) is 15.6. The lowest BCUT2D eigenvalue weighted by Crippen LogP contribution is -2.57. The van der Waals surface area contributed by atoms with Crippen molar-refractivity contribution in [3.8, 4) is 17.2 Å². The van der Waals surface area contributed by atoms with Crippen LogP contribution < -0.4 is 11.1 Å². The Morgan fingerprint density at radius 3 is 2.49 bits per heavy atom. The molecule has 7 nitrogen and oxygen atoms in total. The molecule has 2 aromatic carbocycles. The van der Waals surface area contributed by atoms with E-state index in [-0.39, 0.29) is 11.8 Å². The van der Waals surface area contributed by atoms with Crippen molar-refractivity contribution in [1.29, 1.82) is 5.26 Å². The van der Waals surface area contributed by atoms with Crippen molar-refractivity contribution in [3.05, 3.63) is 59.2 Å². The minimum absolute atomic E-state index is 0.0980. The van der Waals surface area contributed by atoms with E-state index >= 15 is 0 Å². The molecular weight excluding hydrogens is 438 g/mol. The van der Waals surface area contributed by atoms with Gasteiger partial charge in [0.05, 0.1) is 11.6 Å². The van der Waals surface area contributed by atoms with E-state index in [4.69, 9.17) is 5.73 Å². The van der Waals surface area contributed by atoms with Crippen molar-refractivity contribution >= 4 is 11.8 Å². The largest absolute Gasteiger partial charge is 0.338 e. The summed E-state index contributed by atoms with van der Waals surface area (Å²) >= 11 is 0.